The van der Waals surface area contributed by atoms with E-state index in [1.807, 2.05) is 0 Å². The molecule has 28 heavy (non-hydrogen) atoms. The first-order valence-electron chi connectivity index (χ1n) is 8.28. The van der Waals surface area contributed by atoms with Crippen LogP contribution in [0.5, 0.6) is 0 Å². The molecule has 0 radical (unpaired) electrons. The van der Waals surface area contributed by atoms with Crippen molar-refractivity contribution in [1.82, 2.24) is 14.8 Å². The molecule has 2 aromatic heterocycles. The van der Waals surface area contributed by atoms with Crippen LogP contribution >= 0.6 is 46.3 Å². The highest BCUT2D eigenvalue weighted by atomic mass is 35.5. The van der Waals surface area contributed by atoms with E-state index in [2.05, 4.69) is 9.88 Å². The number of aliphatic hydroxyl groups is 1. The van der Waals surface area contributed by atoms with Gasteiger partial charge in [0.05, 0.1) is 26.5 Å². The van der Waals surface area contributed by atoms with Gasteiger partial charge in [-0.15, -0.1) is 11.3 Å². The van der Waals surface area contributed by atoms with E-state index in [0.717, 1.165) is 23.1 Å². The zero-order valence-electron chi connectivity index (χ0n) is 14.5. The highest BCUT2D eigenvalue weighted by Gasteiger charge is 2.28. The Bertz CT molecular complexity index is 867. The smallest absolute Gasteiger partial charge is 0.294 e. The molecule has 150 valence electrons. The normalized spacial score (nSPS) is 15.0. The average molecular weight is 463 g/mol. The van der Waals surface area contributed by atoms with Gasteiger partial charge in [-0.3, -0.25) is 24.8 Å². The van der Waals surface area contributed by atoms with Crippen LogP contribution in [0.3, 0.4) is 0 Å². The van der Waals surface area contributed by atoms with Gasteiger partial charge in [0.25, 0.3) is 11.6 Å². The van der Waals surface area contributed by atoms with E-state index in [1.54, 1.807) is 4.90 Å². The minimum absolute atomic E-state index is 0.0752. The number of amides is 1. The number of aromatic nitrogens is 1. The van der Waals surface area contributed by atoms with Crippen LogP contribution in [0.4, 0.5) is 5.69 Å². The largest absolute Gasteiger partial charge is 0.395 e. The summed E-state index contributed by atoms with van der Waals surface area (Å²) >= 11 is 14.3. The molecule has 0 saturated carbocycles. The van der Waals surface area contributed by atoms with Crippen molar-refractivity contribution in [2.45, 2.75) is 9.10 Å². The number of nitrogens with zero attached hydrogens (tertiary/aromatic N) is 4. The molecule has 12 heteroatoms. The Kier molecular flexibility index (Phi) is 7.13. The van der Waals surface area contributed by atoms with Crippen LogP contribution in [0.25, 0.3) is 0 Å². The lowest BCUT2D eigenvalue weighted by Gasteiger charge is -2.34. The molecule has 0 unspecified atom stereocenters. The molecule has 8 nitrogen and oxygen atoms in total. The van der Waals surface area contributed by atoms with Crippen molar-refractivity contribution < 1.29 is 14.8 Å². The number of hydrogen-bond acceptors (Lipinski definition) is 8. The molecule has 0 atom stereocenters. The molecule has 2 aromatic rings. The fraction of sp³-hybridized carbons (Fsp3) is 0.375. The van der Waals surface area contributed by atoms with E-state index >= 15 is 0 Å². The summed E-state index contributed by atoms with van der Waals surface area (Å²) in [5.74, 6) is -0.240. The molecule has 0 bridgehead atoms. The van der Waals surface area contributed by atoms with Gasteiger partial charge in [-0.2, -0.15) is 0 Å². The SMILES string of the molecule is O=C(c1cc([N+](=O)[O-])c(Sc2c(Cl)cncc2Cl)s1)N1CCN(CCO)CC1. The average Bonchev–Trinajstić information content (AvgIpc) is 3.09. The number of hydrogen-bond donors (Lipinski definition) is 1. The molecule has 3 heterocycles. The van der Waals surface area contributed by atoms with Gasteiger partial charge in [-0.1, -0.05) is 35.0 Å². The van der Waals surface area contributed by atoms with Crippen LogP contribution in [-0.2, 0) is 0 Å². The minimum atomic E-state index is -0.516. The van der Waals surface area contributed by atoms with E-state index in [0.29, 0.717) is 46.7 Å². The van der Waals surface area contributed by atoms with Gasteiger partial charge in [0, 0.05) is 51.2 Å². The third kappa shape index (κ3) is 4.76. The highest BCUT2D eigenvalue weighted by Crippen LogP contribution is 2.45. The van der Waals surface area contributed by atoms with Gasteiger partial charge in [-0.05, 0) is 0 Å². The number of pyridine rings is 1. The van der Waals surface area contributed by atoms with E-state index in [-0.39, 0.29) is 28.2 Å². The van der Waals surface area contributed by atoms with Crippen LogP contribution in [0.15, 0.2) is 27.6 Å². The molecule has 3 rings (SSSR count). The Labute approximate surface area is 179 Å². The summed E-state index contributed by atoms with van der Waals surface area (Å²) < 4.78 is 0.335. The van der Waals surface area contributed by atoms with E-state index in [9.17, 15) is 14.9 Å². The highest BCUT2D eigenvalue weighted by molar-refractivity contribution is 8.01. The van der Waals surface area contributed by atoms with Crippen molar-refractivity contribution in [2.75, 3.05) is 39.3 Å². The van der Waals surface area contributed by atoms with Crippen molar-refractivity contribution >= 4 is 57.9 Å². The second-order valence-electron chi connectivity index (χ2n) is 5.93. The van der Waals surface area contributed by atoms with Gasteiger partial charge >= 0.3 is 0 Å². The summed E-state index contributed by atoms with van der Waals surface area (Å²) in [7, 11) is 0. The fourth-order valence-electron chi connectivity index (χ4n) is 2.73. The van der Waals surface area contributed by atoms with Crippen LogP contribution in [0.1, 0.15) is 9.67 Å². The van der Waals surface area contributed by atoms with E-state index in [1.165, 1.54) is 18.5 Å². The molecule has 1 saturated heterocycles. The van der Waals surface area contributed by atoms with Crippen molar-refractivity contribution in [3.8, 4) is 0 Å². The number of carbonyl (C=O) groups excluding carboxylic acids is 1. The van der Waals surface area contributed by atoms with Crippen LogP contribution in [0, 0.1) is 10.1 Å². The second-order valence-corrected chi connectivity index (χ2v) is 9.08. The van der Waals surface area contributed by atoms with E-state index < -0.39 is 4.92 Å². The number of aliphatic hydroxyl groups excluding tert-OH is 1. The first-order valence-corrected chi connectivity index (χ1v) is 10.7. The zero-order chi connectivity index (χ0) is 20.3. The van der Waals surface area contributed by atoms with Crippen molar-refractivity contribution in [2.24, 2.45) is 0 Å². The Hall–Kier alpha value is -1.43. The molecule has 1 amide bonds. The summed E-state index contributed by atoms with van der Waals surface area (Å²) in [6, 6.07) is 1.30. The maximum Gasteiger partial charge on any atom is 0.294 e. The lowest BCUT2D eigenvalue weighted by atomic mass is 10.3. The summed E-state index contributed by atoms with van der Waals surface area (Å²) in [4.78, 5) is 32.1. The fourth-order valence-corrected chi connectivity index (χ4v) is 5.56. The molecule has 0 aromatic carbocycles. The molecule has 1 aliphatic heterocycles. The van der Waals surface area contributed by atoms with Crippen molar-refractivity contribution in [3.63, 3.8) is 0 Å². The topological polar surface area (TPSA) is 99.8 Å². The lowest BCUT2D eigenvalue weighted by Crippen LogP contribution is -2.49. The van der Waals surface area contributed by atoms with Gasteiger partial charge in [0.15, 0.2) is 0 Å². The number of carbonyl (C=O) groups is 1. The number of piperazine rings is 1. The van der Waals surface area contributed by atoms with Crippen LogP contribution < -0.4 is 0 Å². The maximum absolute atomic E-state index is 12.8. The van der Waals surface area contributed by atoms with Gasteiger partial charge in [-0.25, -0.2) is 0 Å². The Morgan fingerprint density at radius 1 is 1.29 bits per heavy atom. The minimum Gasteiger partial charge on any atom is -0.395 e. The molecular formula is C16H16Cl2N4O4S2. The molecule has 0 spiro atoms. The van der Waals surface area contributed by atoms with Gasteiger partial charge < -0.3 is 10.0 Å². The molecular weight excluding hydrogens is 447 g/mol. The predicted molar refractivity (Wildman–Crippen MR) is 109 cm³/mol. The number of halogens is 2. The van der Waals surface area contributed by atoms with Crippen molar-refractivity contribution in [1.29, 1.82) is 0 Å². The first kappa shape index (κ1) is 21.3. The predicted octanol–water partition coefficient (Wildman–Crippen LogP) is 3.26. The first-order chi connectivity index (χ1) is 13.4. The molecule has 0 aliphatic carbocycles. The van der Waals surface area contributed by atoms with Crippen LogP contribution in [-0.4, -0.2) is 70.1 Å². The maximum atomic E-state index is 12.8. The molecule has 1 fully saturated rings. The number of nitro groups is 1. The summed E-state index contributed by atoms with van der Waals surface area (Å²) in [6.45, 7) is 2.98. The molecule has 1 aliphatic rings. The summed E-state index contributed by atoms with van der Waals surface area (Å²) in [6.07, 6.45) is 2.82. The summed E-state index contributed by atoms with van der Waals surface area (Å²) in [5, 5.41) is 21.1. The Balaban J connectivity index is 1.81. The van der Waals surface area contributed by atoms with Gasteiger partial charge in [0.1, 0.15) is 9.09 Å². The number of thiophene rings is 1. The van der Waals surface area contributed by atoms with Crippen molar-refractivity contribution in [3.05, 3.63) is 43.5 Å². The van der Waals surface area contributed by atoms with Gasteiger partial charge in [0.2, 0.25) is 0 Å². The summed E-state index contributed by atoms with van der Waals surface area (Å²) in [5.41, 5.74) is -0.152. The monoisotopic (exact) mass is 462 g/mol. The Morgan fingerprint density at radius 2 is 1.93 bits per heavy atom. The Morgan fingerprint density at radius 3 is 2.50 bits per heavy atom. The zero-order valence-corrected chi connectivity index (χ0v) is 17.7. The number of rotatable bonds is 6. The quantitative estimate of drug-likeness (QED) is 0.519. The van der Waals surface area contributed by atoms with Crippen LogP contribution in [0.2, 0.25) is 10.0 Å². The molecule has 1 N–H and O–H groups in total. The lowest BCUT2D eigenvalue weighted by molar-refractivity contribution is -0.387. The van der Waals surface area contributed by atoms with E-state index in [4.69, 9.17) is 28.3 Å². The third-order valence-corrected chi connectivity index (χ3v) is 7.41. The third-order valence-electron chi connectivity index (χ3n) is 4.17. The standard InChI is InChI=1S/C16H16Cl2N4O4S2/c17-10-8-19-9-11(18)14(10)28-16-12(22(25)26)7-13(27-16)15(24)21-3-1-20(2-4-21)5-6-23/h7-9,23H,1-6H2. The number of β-amino-alcohol motifs (C(OH)–C–C–N with tert-alkyl or cyclic N) is 1. The second kappa shape index (κ2) is 9.38.